The van der Waals surface area contributed by atoms with Crippen molar-refractivity contribution in [1.82, 2.24) is 0 Å². The van der Waals surface area contributed by atoms with Crippen molar-refractivity contribution in [3.05, 3.63) is 61.5 Å². The van der Waals surface area contributed by atoms with Crippen molar-refractivity contribution >= 4 is 59.4 Å². The quantitative estimate of drug-likeness (QED) is 0.438. The Morgan fingerprint density at radius 2 is 1.85 bits per heavy atom. The molecule has 106 valence electrons. The van der Waals surface area contributed by atoms with Crippen LogP contribution in [0.2, 0.25) is 5.02 Å². The molecule has 0 heterocycles. The molecule has 0 saturated heterocycles. The van der Waals surface area contributed by atoms with E-state index < -0.39 is 0 Å². The van der Waals surface area contributed by atoms with Crippen molar-refractivity contribution < 1.29 is 4.74 Å². The van der Waals surface area contributed by atoms with E-state index in [0.29, 0.717) is 11.6 Å². The predicted molar refractivity (Wildman–Crippen MR) is 95.2 cm³/mol. The van der Waals surface area contributed by atoms with Crippen LogP contribution in [0.3, 0.4) is 0 Å². The third-order valence-electron chi connectivity index (χ3n) is 2.79. The Morgan fingerprint density at radius 3 is 2.45 bits per heavy atom. The molecule has 20 heavy (non-hydrogen) atoms. The maximum Gasteiger partial charge on any atom is 0.120 e. The second-order valence-corrected chi connectivity index (χ2v) is 7.18. The summed E-state index contributed by atoms with van der Waals surface area (Å²) in [5.74, 6) is 0.858. The van der Waals surface area contributed by atoms with Crippen LogP contribution in [0.4, 0.5) is 0 Å². The van der Waals surface area contributed by atoms with E-state index in [-0.39, 0.29) is 4.83 Å². The molecule has 0 N–H and O–H groups in total. The van der Waals surface area contributed by atoms with Gasteiger partial charge in [-0.15, -0.1) is 0 Å². The first-order valence-electron chi connectivity index (χ1n) is 6.04. The van der Waals surface area contributed by atoms with Gasteiger partial charge < -0.3 is 4.74 Å². The Bertz CT molecular complexity index is 616. The molecule has 0 fully saturated rings. The topological polar surface area (TPSA) is 9.23 Å². The molecule has 1 atom stereocenters. The van der Waals surface area contributed by atoms with E-state index in [9.17, 15) is 0 Å². The molecule has 2 aromatic carbocycles. The first-order chi connectivity index (χ1) is 9.52. The molecule has 0 bridgehead atoms. The van der Waals surface area contributed by atoms with Crippen LogP contribution in [0, 0.1) is 0 Å². The summed E-state index contributed by atoms with van der Waals surface area (Å²) in [6.07, 6.45) is 0. The highest BCUT2D eigenvalue weighted by molar-refractivity contribution is 9.11. The summed E-state index contributed by atoms with van der Waals surface area (Å²) in [7, 11) is 0. The molecule has 0 amide bonds. The third kappa shape index (κ3) is 3.79. The molecule has 0 aromatic heterocycles. The molecule has 0 aliphatic carbocycles. The van der Waals surface area contributed by atoms with E-state index in [1.165, 1.54) is 0 Å². The smallest absolute Gasteiger partial charge is 0.120 e. The minimum atomic E-state index is 0.0677. The molecule has 0 aliphatic rings. The van der Waals surface area contributed by atoms with Gasteiger partial charge in [0.15, 0.2) is 0 Å². The lowest BCUT2D eigenvalue weighted by Crippen LogP contribution is -1.96. The Morgan fingerprint density at radius 1 is 1.10 bits per heavy atom. The van der Waals surface area contributed by atoms with Crippen LogP contribution in [-0.4, -0.2) is 6.61 Å². The highest BCUT2D eigenvalue weighted by Gasteiger charge is 2.15. The normalized spacial score (nSPS) is 12.2. The SMILES string of the molecule is CCOc1ccc(C(Br)c2ccc(Br)c(Cl)c2)c(Br)c1. The fraction of sp³-hybridized carbons (Fsp3) is 0.200. The molecular formula is C15H12Br3ClO. The average Bonchev–Trinajstić information content (AvgIpc) is 2.42. The van der Waals surface area contributed by atoms with Crippen molar-refractivity contribution in [2.24, 2.45) is 0 Å². The fourth-order valence-electron chi connectivity index (χ4n) is 1.82. The molecule has 1 nitrogen and oxygen atoms in total. The lowest BCUT2D eigenvalue weighted by Gasteiger charge is -2.15. The van der Waals surface area contributed by atoms with Gasteiger partial charge in [-0.3, -0.25) is 0 Å². The summed E-state index contributed by atoms with van der Waals surface area (Å²) in [5, 5.41) is 0.703. The Kier molecular flexibility index (Phi) is 5.96. The largest absolute Gasteiger partial charge is 0.494 e. The van der Waals surface area contributed by atoms with Gasteiger partial charge in [0.25, 0.3) is 0 Å². The molecular weight excluding hydrogens is 471 g/mol. The van der Waals surface area contributed by atoms with Gasteiger partial charge in [-0.2, -0.15) is 0 Å². The van der Waals surface area contributed by atoms with Gasteiger partial charge in [-0.25, -0.2) is 0 Å². The standard InChI is InChI=1S/C15H12Br3ClO/c1-2-20-10-4-5-11(13(17)8-10)15(18)9-3-6-12(16)14(19)7-9/h3-8,15H,2H2,1H3. The van der Waals surface area contributed by atoms with Crippen LogP contribution in [0.5, 0.6) is 5.75 Å². The van der Waals surface area contributed by atoms with Gasteiger partial charge in [-0.1, -0.05) is 55.6 Å². The fourth-order valence-corrected chi connectivity index (χ4v) is 3.83. The summed E-state index contributed by atoms with van der Waals surface area (Å²) in [6.45, 7) is 2.63. The van der Waals surface area contributed by atoms with Crippen molar-refractivity contribution in [3.63, 3.8) is 0 Å². The second-order valence-electron chi connectivity index (χ2n) is 4.15. The zero-order valence-corrected chi connectivity index (χ0v) is 16.2. The predicted octanol–water partition coefficient (Wildman–Crippen LogP) is 6.75. The van der Waals surface area contributed by atoms with Gasteiger partial charge >= 0.3 is 0 Å². The average molecular weight is 483 g/mol. The highest BCUT2D eigenvalue weighted by atomic mass is 79.9. The van der Waals surface area contributed by atoms with Gasteiger partial charge in [0.1, 0.15) is 5.75 Å². The number of benzene rings is 2. The Balaban J connectivity index is 2.32. The van der Waals surface area contributed by atoms with Crippen molar-refractivity contribution in [2.45, 2.75) is 11.8 Å². The number of hydrogen-bond acceptors (Lipinski definition) is 1. The molecule has 0 spiro atoms. The van der Waals surface area contributed by atoms with E-state index >= 15 is 0 Å². The first-order valence-corrected chi connectivity index (χ1v) is 8.92. The van der Waals surface area contributed by atoms with Crippen LogP contribution >= 0.6 is 59.4 Å². The molecule has 1 unspecified atom stereocenters. The lowest BCUT2D eigenvalue weighted by molar-refractivity contribution is 0.340. The lowest BCUT2D eigenvalue weighted by atomic mass is 10.0. The maximum absolute atomic E-state index is 6.15. The van der Waals surface area contributed by atoms with E-state index in [0.717, 1.165) is 25.8 Å². The van der Waals surface area contributed by atoms with Crippen LogP contribution in [0.15, 0.2) is 45.3 Å². The molecule has 2 aromatic rings. The van der Waals surface area contributed by atoms with Crippen molar-refractivity contribution in [1.29, 1.82) is 0 Å². The number of ether oxygens (including phenoxy) is 1. The van der Waals surface area contributed by atoms with E-state index in [2.05, 4.69) is 47.8 Å². The molecule has 0 saturated carbocycles. The molecule has 5 heteroatoms. The molecule has 0 aliphatic heterocycles. The number of halogens is 4. The summed E-state index contributed by atoms with van der Waals surface area (Å²) in [6, 6.07) is 11.9. The third-order valence-corrected chi connectivity index (χ3v) is 5.73. The van der Waals surface area contributed by atoms with E-state index in [4.69, 9.17) is 16.3 Å². The second kappa shape index (κ2) is 7.30. The van der Waals surface area contributed by atoms with Crippen LogP contribution < -0.4 is 4.74 Å². The van der Waals surface area contributed by atoms with Gasteiger partial charge in [-0.05, 0) is 58.2 Å². The Labute approximate surface area is 149 Å². The number of rotatable bonds is 4. The summed E-state index contributed by atoms with van der Waals surface area (Å²) in [4.78, 5) is 0.0677. The number of hydrogen-bond donors (Lipinski definition) is 0. The summed E-state index contributed by atoms with van der Waals surface area (Å²) < 4.78 is 7.39. The van der Waals surface area contributed by atoms with Crippen LogP contribution in [0.25, 0.3) is 0 Å². The van der Waals surface area contributed by atoms with Gasteiger partial charge in [0.2, 0.25) is 0 Å². The highest BCUT2D eigenvalue weighted by Crippen LogP contribution is 2.38. The summed E-state index contributed by atoms with van der Waals surface area (Å²) >= 11 is 16.9. The van der Waals surface area contributed by atoms with Crippen LogP contribution in [-0.2, 0) is 0 Å². The minimum absolute atomic E-state index is 0.0677. The van der Waals surface area contributed by atoms with Crippen molar-refractivity contribution in [2.75, 3.05) is 6.61 Å². The monoisotopic (exact) mass is 480 g/mol. The van der Waals surface area contributed by atoms with E-state index in [1.54, 1.807) is 0 Å². The first kappa shape index (κ1) is 16.3. The van der Waals surface area contributed by atoms with Gasteiger partial charge in [0.05, 0.1) is 16.5 Å². The van der Waals surface area contributed by atoms with Crippen LogP contribution in [0.1, 0.15) is 22.9 Å². The Hall–Kier alpha value is -0.0300. The maximum atomic E-state index is 6.15. The number of alkyl halides is 1. The zero-order valence-electron chi connectivity index (χ0n) is 10.7. The zero-order chi connectivity index (χ0) is 14.7. The minimum Gasteiger partial charge on any atom is -0.494 e. The summed E-state index contributed by atoms with van der Waals surface area (Å²) in [5.41, 5.74) is 2.23. The molecule has 0 radical (unpaired) electrons. The molecule has 2 rings (SSSR count). The van der Waals surface area contributed by atoms with Gasteiger partial charge in [0, 0.05) is 8.95 Å². The van der Waals surface area contributed by atoms with E-state index in [1.807, 2.05) is 43.3 Å². The van der Waals surface area contributed by atoms with Crippen molar-refractivity contribution in [3.8, 4) is 5.75 Å².